The third kappa shape index (κ3) is 6.51. The summed E-state index contributed by atoms with van der Waals surface area (Å²) in [5.41, 5.74) is -4.20. The molecule has 0 spiro atoms. The number of alkyl halides is 3. The third-order valence-electron chi connectivity index (χ3n) is 4.01. The second kappa shape index (κ2) is 9.88. The van der Waals surface area contributed by atoms with Crippen LogP contribution in [0.15, 0.2) is 36.4 Å². The molecule has 3 rings (SSSR count). The molecule has 6 nitrogen and oxygen atoms in total. The Morgan fingerprint density at radius 3 is 2.27 bits per heavy atom. The van der Waals surface area contributed by atoms with Crippen LogP contribution in [0.4, 0.5) is 18.0 Å². The predicted octanol–water partition coefficient (Wildman–Crippen LogP) is 5.73. The highest BCUT2D eigenvalue weighted by atomic mass is 32.2. The standard InChI is InChI=1S/C18H20O3S.CHF3O3S/c1-12(2)20-18(19)21-16-10-9-15(17-8-5-11-22-17)13-6-3-4-7-14(13)16;2-1(3,4)8(5,6)7/h3-4,6-7,9-10,12,17H,5,8,11H2,1-2H3;(H,5,6,7). The van der Waals surface area contributed by atoms with Crippen LogP contribution in [0.5, 0.6) is 5.75 Å². The van der Waals surface area contributed by atoms with Crippen LogP contribution in [-0.2, 0) is 14.9 Å². The highest BCUT2D eigenvalue weighted by Gasteiger charge is 2.44. The molecule has 1 aliphatic heterocycles. The second-order valence-electron chi connectivity index (χ2n) is 6.64. The van der Waals surface area contributed by atoms with Crippen molar-refractivity contribution in [2.24, 2.45) is 0 Å². The van der Waals surface area contributed by atoms with Gasteiger partial charge < -0.3 is 9.47 Å². The molecule has 0 bridgehead atoms. The van der Waals surface area contributed by atoms with Gasteiger partial charge in [0.25, 0.3) is 0 Å². The first-order chi connectivity index (χ1) is 13.9. The molecule has 0 radical (unpaired) electrons. The van der Waals surface area contributed by atoms with Crippen LogP contribution < -0.4 is 4.74 Å². The lowest BCUT2D eigenvalue weighted by molar-refractivity contribution is -0.0510. The number of ether oxygens (including phenoxy) is 2. The van der Waals surface area contributed by atoms with Gasteiger partial charge in [-0.1, -0.05) is 30.3 Å². The Morgan fingerprint density at radius 1 is 1.17 bits per heavy atom. The zero-order valence-electron chi connectivity index (χ0n) is 16.2. The Balaban J connectivity index is 0.000000343. The van der Waals surface area contributed by atoms with Gasteiger partial charge in [0.1, 0.15) is 5.75 Å². The summed E-state index contributed by atoms with van der Waals surface area (Å²) in [6.07, 6.45) is 1.64. The molecule has 0 aromatic heterocycles. The van der Waals surface area contributed by atoms with Crippen LogP contribution in [0.3, 0.4) is 0 Å². The molecule has 1 atom stereocenters. The summed E-state index contributed by atoms with van der Waals surface area (Å²) in [6.45, 7) is 3.61. The van der Waals surface area contributed by atoms with Gasteiger partial charge in [0.2, 0.25) is 0 Å². The zero-order chi connectivity index (χ0) is 22.5. The minimum absolute atomic E-state index is 0.187. The fourth-order valence-electron chi connectivity index (χ4n) is 2.79. The molecule has 1 fully saturated rings. The summed E-state index contributed by atoms with van der Waals surface area (Å²) >= 11 is 2.01. The van der Waals surface area contributed by atoms with E-state index in [0.29, 0.717) is 11.0 Å². The highest BCUT2D eigenvalue weighted by molar-refractivity contribution is 7.99. The van der Waals surface area contributed by atoms with E-state index in [1.807, 2.05) is 36.0 Å². The summed E-state index contributed by atoms with van der Waals surface area (Å²) in [6, 6.07) is 12.1. The van der Waals surface area contributed by atoms with Gasteiger partial charge in [0.05, 0.1) is 6.10 Å². The van der Waals surface area contributed by atoms with E-state index in [1.54, 1.807) is 13.8 Å². The van der Waals surface area contributed by atoms with Crippen LogP contribution in [-0.4, -0.2) is 36.5 Å². The predicted molar refractivity (Wildman–Crippen MR) is 108 cm³/mol. The van der Waals surface area contributed by atoms with E-state index in [4.69, 9.17) is 22.4 Å². The minimum atomic E-state index is -5.84. The summed E-state index contributed by atoms with van der Waals surface area (Å²) in [7, 11) is -5.84. The molecular formula is C19H21F3O6S2. The van der Waals surface area contributed by atoms with Crippen LogP contribution in [0.1, 0.15) is 37.5 Å². The monoisotopic (exact) mass is 466 g/mol. The Bertz CT molecular complexity index is 983. The van der Waals surface area contributed by atoms with E-state index in [9.17, 15) is 18.0 Å². The number of halogens is 3. The molecule has 0 saturated carbocycles. The number of hydrogen-bond donors (Lipinski definition) is 1. The second-order valence-corrected chi connectivity index (χ2v) is 9.36. The first kappa shape index (κ1) is 24.3. The fourth-order valence-corrected chi connectivity index (χ4v) is 4.13. The highest BCUT2D eigenvalue weighted by Crippen LogP contribution is 2.44. The van der Waals surface area contributed by atoms with Crippen molar-refractivity contribution in [3.8, 4) is 5.75 Å². The van der Waals surface area contributed by atoms with Crippen LogP contribution >= 0.6 is 11.8 Å². The van der Waals surface area contributed by atoms with Crippen molar-refractivity contribution < 1.29 is 40.4 Å². The maximum Gasteiger partial charge on any atom is 0.522 e. The maximum atomic E-state index is 11.8. The number of thioether (sulfide) groups is 1. The van der Waals surface area contributed by atoms with E-state index < -0.39 is 21.8 Å². The number of benzene rings is 2. The summed E-state index contributed by atoms with van der Waals surface area (Å²) in [5, 5.41) is 2.67. The minimum Gasteiger partial charge on any atom is -0.431 e. The lowest BCUT2D eigenvalue weighted by Gasteiger charge is -2.15. The van der Waals surface area contributed by atoms with E-state index in [1.165, 1.54) is 24.2 Å². The lowest BCUT2D eigenvalue weighted by atomic mass is 9.99. The SMILES string of the molecule is CC(C)OC(=O)Oc1ccc(C2CCCS2)c2ccccc12.O=S(=O)(O)C(F)(F)F. The summed E-state index contributed by atoms with van der Waals surface area (Å²) in [5.74, 6) is 1.78. The molecule has 1 N–H and O–H groups in total. The van der Waals surface area contributed by atoms with Crippen molar-refractivity contribution in [3.05, 3.63) is 42.0 Å². The third-order valence-corrected chi connectivity index (χ3v) is 6.01. The van der Waals surface area contributed by atoms with E-state index >= 15 is 0 Å². The number of rotatable bonds is 3. The largest absolute Gasteiger partial charge is 0.522 e. The van der Waals surface area contributed by atoms with Crippen LogP contribution in [0.2, 0.25) is 0 Å². The average Bonchev–Trinajstić information content (AvgIpc) is 3.14. The molecule has 11 heteroatoms. The van der Waals surface area contributed by atoms with Gasteiger partial charge in [-0.2, -0.15) is 33.4 Å². The first-order valence-corrected chi connectivity index (χ1v) is 11.4. The van der Waals surface area contributed by atoms with Crippen molar-refractivity contribution >= 4 is 38.8 Å². The molecule has 166 valence electrons. The van der Waals surface area contributed by atoms with E-state index in [0.717, 1.165) is 10.8 Å². The average molecular weight is 466 g/mol. The molecule has 2 aromatic rings. The normalized spacial score (nSPS) is 16.8. The Labute approximate surface area is 176 Å². The van der Waals surface area contributed by atoms with Crippen molar-refractivity contribution in [2.45, 2.75) is 43.6 Å². The van der Waals surface area contributed by atoms with Gasteiger partial charge in [0.15, 0.2) is 0 Å². The molecule has 1 saturated heterocycles. The lowest BCUT2D eigenvalue weighted by Crippen LogP contribution is -2.21. The van der Waals surface area contributed by atoms with Crippen LogP contribution in [0.25, 0.3) is 10.8 Å². The Hall–Kier alpha value is -1.98. The van der Waals surface area contributed by atoms with Gasteiger partial charge >= 0.3 is 21.8 Å². The Kier molecular flexibility index (Phi) is 8.00. The van der Waals surface area contributed by atoms with Gasteiger partial charge in [-0.3, -0.25) is 4.55 Å². The fraction of sp³-hybridized carbons (Fsp3) is 0.421. The molecule has 1 heterocycles. The van der Waals surface area contributed by atoms with E-state index in [-0.39, 0.29) is 6.10 Å². The number of carbonyl (C=O) groups excluding carboxylic acids is 1. The molecule has 1 unspecified atom stereocenters. The summed E-state index contributed by atoms with van der Waals surface area (Å²) in [4.78, 5) is 11.8. The van der Waals surface area contributed by atoms with Crippen molar-refractivity contribution in [3.63, 3.8) is 0 Å². The molecule has 30 heavy (non-hydrogen) atoms. The molecule has 2 aromatic carbocycles. The summed E-state index contributed by atoms with van der Waals surface area (Å²) < 4.78 is 68.0. The quantitative estimate of drug-likeness (QED) is 0.268. The number of carbonyl (C=O) groups is 1. The first-order valence-electron chi connectivity index (χ1n) is 8.95. The topological polar surface area (TPSA) is 89.9 Å². The Morgan fingerprint density at radius 2 is 1.77 bits per heavy atom. The van der Waals surface area contributed by atoms with Gasteiger partial charge in [-0.05, 0) is 49.5 Å². The molecule has 0 aliphatic carbocycles. The zero-order valence-corrected chi connectivity index (χ0v) is 17.8. The van der Waals surface area contributed by atoms with Gasteiger partial charge in [-0.15, -0.1) is 0 Å². The van der Waals surface area contributed by atoms with E-state index in [2.05, 4.69) is 12.1 Å². The maximum absolute atomic E-state index is 11.8. The molecular weight excluding hydrogens is 445 g/mol. The van der Waals surface area contributed by atoms with Gasteiger partial charge in [0, 0.05) is 10.6 Å². The molecule has 1 aliphatic rings. The van der Waals surface area contributed by atoms with Crippen molar-refractivity contribution in [1.29, 1.82) is 0 Å². The van der Waals surface area contributed by atoms with Gasteiger partial charge in [-0.25, -0.2) is 4.79 Å². The molecule has 0 amide bonds. The van der Waals surface area contributed by atoms with Crippen molar-refractivity contribution in [2.75, 3.05) is 5.75 Å². The smallest absolute Gasteiger partial charge is 0.431 e. The van der Waals surface area contributed by atoms with Crippen molar-refractivity contribution in [1.82, 2.24) is 0 Å². The van der Waals surface area contributed by atoms with Crippen LogP contribution in [0, 0.1) is 0 Å². The number of fused-ring (bicyclic) bond motifs is 1. The number of hydrogen-bond acceptors (Lipinski definition) is 6.